The summed E-state index contributed by atoms with van der Waals surface area (Å²) in [7, 11) is 0. The summed E-state index contributed by atoms with van der Waals surface area (Å²) in [5.41, 5.74) is 17.8. The molecule has 2 atom stereocenters. The van der Waals surface area contributed by atoms with Crippen LogP contribution in [0.4, 0.5) is 11.6 Å². The molecular formula is C69H46N6. The molecule has 352 valence electrons. The van der Waals surface area contributed by atoms with Gasteiger partial charge in [-0.15, -0.1) is 0 Å². The maximum Gasteiger partial charge on any atom is 0.234 e. The zero-order valence-electron chi connectivity index (χ0n) is 40.7. The lowest BCUT2D eigenvalue weighted by atomic mass is 9.91. The van der Waals surface area contributed by atoms with Crippen molar-refractivity contribution in [3.05, 3.63) is 273 Å². The molecule has 3 aromatic heterocycles. The maximum absolute atomic E-state index is 5.58. The molecule has 1 aliphatic carbocycles. The number of hydrogen-bond acceptors (Lipinski definition) is 4. The van der Waals surface area contributed by atoms with Crippen LogP contribution in [-0.2, 0) is 0 Å². The first-order chi connectivity index (χ1) is 37.2. The number of fused-ring (bicyclic) bond motifs is 10. The van der Waals surface area contributed by atoms with Crippen molar-refractivity contribution in [2.45, 2.75) is 12.0 Å². The number of benzene rings is 10. The highest BCUT2D eigenvalue weighted by atomic mass is 15.3. The lowest BCUT2D eigenvalue weighted by Gasteiger charge is -2.28. The minimum absolute atomic E-state index is 0.0535. The Hall–Kier alpha value is -9.91. The fraction of sp³-hybridized carbons (Fsp3) is 0.0290. The molecule has 10 aromatic carbocycles. The average Bonchev–Trinajstić information content (AvgIpc) is 4.13. The van der Waals surface area contributed by atoms with E-state index in [1.807, 2.05) is 6.07 Å². The van der Waals surface area contributed by atoms with Gasteiger partial charge in [0.05, 0.1) is 39.5 Å². The van der Waals surface area contributed by atoms with Gasteiger partial charge in [-0.1, -0.05) is 218 Å². The minimum atomic E-state index is -0.0948. The van der Waals surface area contributed by atoms with Crippen molar-refractivity contribution in [3.63, 3.8) is 0 Å². The highest BCUT2D eigenvalue weighted by Crippen LogP contribution is 2.53. The van der Waals surface area contributed by atoms with Crippen molar-refractivity contribution in [1.29, 1.82) is 0 Å². The normalized spacial score (nSPS) is 14.8. The summed E-state index contributed by atoms with van der Waals surface area (Å²) in [6.45, 7) is 0. The molecule has 2 aliphatic rings. The number of nitrogens with zero attached hydrogens (tertiary/aromatic N) is 6. The van der Waals surface area contributed by atoms with Crippen LogP contribution in [0.15, 0.2) is 267 Å². The van der Waals surface area contributed by atoms with Crippen LogP contribution >= 0.6 is 0 Å². The van der Waals surface area contributed by atoms with E-state index in [9.17, 15) is 0 Å². The molecule has 75 heavy (non-hydrogen) atoms. The first kappa shape index (κ1) is 42.7. The molecule has 6 nitrogen and oxygen atoms in total. The van der Waals surface area contributed by atoms with Crippen molar-refractivity contribution in [3.8, 4) is 67.5 Å². The van der Waals surface area contributed by atoms with Crippen LogP contribution in [0, 0.1) is 0 Å². The van der Waals surface area contributed by atoms with Gasteiger partial charge in [0.2, 0.25) is 5.95 Å². The number of aromatic nitrogens is 5. The molecule has 2 unspecified atom stereocenters. The third-order valence-corrected chi connectivity index (χ3v) is 15.3. The second-order valence-corrected chi connectivity index (χ2v) is 19.5. The Balaban J connectivity index is 0.948. The fourth-order valence-corrected chi connectivity index (χ4v) is 11.9. The summed E-state index contributed by atoms with van der Waals surface area (Å²) in [6.07, 6.45) is 9.00. The van der Waals surface area contributed by atoms with Crippen LogP contribution < -0.4 is 4.90 Å². The number of rotatable bonds is 8. The number of para-hydroxylation sites is 4. The predicted octanol–water partition coefficient (Wildman–Crippen LogP) is 17.1. The second kappa shape index (κ2) is 17.4. The molecule has 0 radical (unpaired) electrons. The molecule has 15 rings (SSSR count). The van der Waals surface area contributed by atoms with E-state index < -0.39 is 0 Å². The Kier molecular flexibility index (Phi) is 9.91. The summed E-state index contributed by atoms with van der Waals surface area (Å²) >= 11 is 0. The molecule has 0 amide bonds. The molecule has 4 heterocycles. The predicted molar refractivity (Wildman–Crippen MR) is 309 cm³/mol. The smallest absolute Gasteiger partial charge is 0.234 e. The van der Waals surface area contributed by atoms with E-state index in [-0.39, 0.29) is 12.0 Å². The number of hydrogen-bond donors (Lipinski definition) is 0. The molecule has 6 heteroatoms. The molecule has 1 aliphatic heterocycles. The summed E-state index contributed by atoms with van der Waals surface area (Å²) < 4.78 is 4.85. The van der Waals surface area contributed by atoms with Gasteiger partial charge in [0.25, 0.3) is 0 Å². The summed E-state index contributed by atoms with van der Waals surface area (Å²) in [6, 6.07) is 86.9. The van der Waals surface area contributed by atoms with Gasteiger partial charge in [-0.3, -0.25) is 0 Å². The van der Waals surface area contributed by atoms with Crippen molar-refractivity contribution in [1.82, 2.24) is 24.1 Å². The average molecular weight is 959 g/mol. The van der Waals surface area contributed by atoms with Gasteiger partial charge in [0, 0.05) is 49.8 Å². The summed E-state index contributed by atoms with van der Waals surface area (Å²) in [5, 5.41) is 4.72. The molecule has 0 fully saturated rings. The Morgan fingerprint density at radius 1 is 0.347 bits per heavy atom. The van der Waals surface area contributed by atoms with Gasteiger partial charge in [-0.25, -0.2) is 4.98 Å². The molecule has 0 bridgehead atoms. The van der Waals surface area contributed by atoms with Gasteiger partial charge in [-0.05, 0) is 81.9 Å². The minimum Gasteiger partial charge on any atom is -0.309 e. The Bertz CT molecular complexity index is 4430. The van der Waals surface area contributed by atoms with Gasteiger partial charge in [0.1, 0.15) is 0 Å². The molecule has 0 saturated heterocycles. The molecular weight excluding hydrogens is 913 g/mol. The highest BCUT2D eigenvalue weighted by Gasteiger charge is 2.42. The van der Waals surface area contributed by atoms with Crippen LogP contribution in [0.1, 0.15) is 11.5 Å². The maximum atomic E-state index is 5.58. The van der Waals surface area contributed by atoms with Gasteiger partial charge in [-0.2, -0.15) is 9.97 Å². The van der Waals surface area contributed by atoms with Crippen LogP contribution in [0.3, 0.4) is 0 Å². The van der Waals surface area contributed by atoms with Crippen molar-refractivity contribution < 1.29 is 0 Å². The zero-order valence-corrected chi connectivity index (χ0v) is 40.7. The van der Waals surface area contributed by atoms with E-state index >= 15 is 0 Å². The zero-order chi connectivity index (χ0) is 49.4. The Morgan fingerprint density at radius 3 is 1.65 bits per heavy atom. The van der Waals surface area contributed by atoms with E-state index in [2.05, 4.69) is 275 Å². The summed E-state index contributed by atoms with van der Waals surface area (Å²) in [4.78, 5) is 18.8. The Labute approximate surface area is 434 Å². The lowest BCUT2D eigenvalue weighted by molar-refractivity contribution is 0.728. The van der Waals surface area contributed by atoms with Crippen LogP contribution in [-0.4, -0.2) is 30.1 Å². The van der Waals surface area contributed by atoms with E-state index in [4.69, 9.17) is 15.0 Å². The van der Waals surface area contributed by atoms with Gasteiger partial charge >= 0.3 is 0 Å². The lowest BCUT2D eigenvalue weighted by Crippen LogP contribution is -2.30. The van der Waals surface area contributed by atoms with E-state index in [1.165, 1.54) is 43.8 Å². The van der Waals surface area contributed by atoms with Gasteiger partial charge < -0.3 is 14.0 Å². The first-order valence-corrected chi connectivity index (χ1v) is 25.7. The van der Waals surface area contributed by atoms with E-state index in [1.54, 1.807) is 0 Å². The number of allylic oxidation sites excluding steroid dienone is 2. The van der Waals surface area contributed by atoms with Crippen LogP contribution in [0.5, 0.6) is 0 Å². The van der Waals surface area contributed by atoms with Gasteiger partial charge in [0.15, 0.2) is 11.6 Å². The SMILES string of the molecule is C1=CC2c3ccc4c5ccccc5n(-c5ccccc5-c5cccc(-c6cccc(-c7ccccc7)c6)c5)c4c3N(c3nc(-c4ccccc4)nc(-c4ccc5c6ccccc6n(-c6ccccc6)c5c4)n3)C2C=C1. The number of anilines is 2. The monoisotopic (exact) mass is 958 g/mol. The molecule has 0 N–H and O–H groups in total. The summed E-state index contributed by atoms with van der Waals surface area (Å²) in [5.74, 6) is 1.88. The largest absolute Gasteiger partial charge is 0.309 e. The highest BCUT2D eigenvalue weighted by molar-refractivity contribution is 6.16. The third-order valence-electron chi connectivity index (χ3n) is 15.3. The molecule has 0 spiro atoms. The van der Waals surface area contributed by atoms with Crippen molar-refractivity contribution >= 4 is 55.2 Å². The van der Waals surface area contributed by atoms with Crippen molar-refractivity contribution in [2.75, 3.05) is 4.90 Å². The standard InChI is InChI=1S/C69H46N6/c1-4-20-45(21-5-1)47-24-18-25-48(42-47)49-26-19-27-50(43-49)53-30-10-14-34-60(53)74-62-36-16-12-32-55(62)58-40-41-59-56-33-13-17-37-63(56)75(66(59)65(58)74)69-71-67(46-22-6-2-7-23-46)70-68(72-69)51-38-39-57-54-31-11-15-35-61(54)73(64(57)44-51)52-28-8-3-9-29-52/h1-44,56,63H. The first-order valence-electron chi connectivity index (χ1n) is 25.7. The molecule has 0 saturated carbocycles. The van der Waals surface area contributed by atoms with Crippen LogP contribution in [0.2, 0.25) is 0 Å². The van der Waals surface area contributed by atoms with E-state index in [0.29, 0.717) is 17.6 Å². The molecule has 13 aromatic rings. The quantitative estimate of drug-likeness (QED) is 0.152. The van der Waals surface area contributed by atoms with Crippen molar-refractivity contribution in [2.24, 2.45) is 0 Å². The van der Waals surface area contributed by atoms with Crippen LogP contribution in [0.25, 0.3) is 111 Å². The van der Waals surface area contributed by atoms with E-state index in [0.717, 1.165) is 66.9 Å². The Morgan fingerprint density at radius 2 is 0.893 bits per heavy atom. The third kappa shape index (κ3) is 6.98. The fourth-order valence-electron chi connectivity index (χ4n) is 11.9. The topological polar surface area (TPSA) is 51.8 Å². The second-order valence-electron chi connectivity index (χ2n) is 19.5.